The van der Waals surface area contributed by atoms with Crippen LogP contribution in [0.1, 0.15) is 26.3 Å². The van der Waals surface area contributed by atoms with E-state index in [2.05, 4.69) is 10.6 Å². The molecule has 0 radical (unpaired) electrons. The van der Waals surface area contributed by atoms with Gasteiger partial charge in [-0.05, 0) is 66.2 Å². The van der Waals surface area contributed by atoms with Crippen molar-refractivity contribution in [1.82, 2.24) is 5.32 Å². The number of methoxy groups -OCH3 is 1. The zero-order chi connectivity index (χ0) is 24.1. The molecule has 9 nitrogen and oxygen atoms in total. The van der Waals surface area contributed by atoms with Crippen LogP contribution in [0.25, 0.3) is 6.08 Å². The molecule has 1 aliphatic heterocycles. The molecule has 1 heterocycles. The topological polar surface area (TPSA) is 123 Å². The van der Waals surface area contributed by atoms with Crippen molar-refractivity contribution in [3.05, 3.63) is 89.1 Å². The zero-order valence-corrected chi connectivity index (χ0v) is 18.0. The zero-order valence-electron chi connectivity index (χ0n) is 18.0. The number of carboxylic acid groups (broad SMARTS) is 1. The first-order valence-electron chi connectivity index (χ1n) is 10.1. The third kappa shape index (κ3) is 5.16. The van der Waals surface area contributed by atoms with Crippen molar-refractivity contribution in [3.8, 4) is 17.2 Å². The average Bonchev–Trinajstić information content (AvgIpc) is 3.31. The second-order valence-electron chi connectivity index (χ2n) is 7.19. The Morgan fingerprint density at radius 3 is 2.44 bits per heavy atom. The Hall–Kier alpha value is -4.79. The van der Waals surface area contributed by atoms with E-state index in [1.165, 1.54) is 31.4 Å². The number of hydrogen-bond donors (Lipinski definition) is 3. The van der Waals surface area contributed by atoms with Gasteiger partial charge in [0.2, 0.25) is 6.79 Å². The Balaban J connectivity index is 1.62. The van der Waals surface area contributed by atoms with Gasteiger partial charge in [-0.15, -0.1) is 0 Å². The summed E-state index contributed by atoms with van der Waals surface area (Å²) < 4.78 is 15.8. The Morgan fingerprint density at radius 2 is 1.71 bits per heavy atom. The van der Waals surface area contributed by atoms with Crippen LogP contribution in [0.2, 0.25) is 0 Å². The second kappa shape index (κ2) is 9.78. The highest BCUT2D eigenvalue weighted by Gasteiger charge is 2.18. The van der Waals surface area contributed by atoms with Gasteiger partial charge in [0, 0.05) is 11.3 Å². The maximum atomic E-state index is 13.1. The molecule has 1 aliphatic rings. The van der Waals surface area contributed by atoms with E-state index in [1.807, 2.05) is 0 Å². The molecule has 4 rings (SSSR count). The lowest BCUT2D eigenvalue weighted by Gasteiger charge is -2.12. The Kier molecular flexibility index (Phi) is 6.45. The number of nitrogens with one attached hydrogen (secondary N) is 2. The van der Waals surface area contributed by atoms with Crippen LogP contribution in [0.15, 0.2) is 72.4 Å². The number of amides is 2. The minimum atomic E-state index is -1.12. The van der Waals surface area contributed by atoms with Gasteiger partial charge in [0.15, 0.2) is 11.5 Å². The summed E-state index contributed by atoms with van der Waals surface area (Å²) in [5, 5.41) is 14.4. The molecule has 0 bridgehead atoms. The lowest BCUT2D eigenvalue weighted by molar-refractivity contribution is -0.113. The van der Waals surface area contributed by atoms with Crippen molar-refractivity contribution in [2.45, 2.75) is 0 Å². The lowest BCUT2D eigenvalue weighted by Crippen LogP contribution is -2.30. The maximum absolute atomic E-state index is 13.1. The van der Waals surface area contributed by atoms with E-state index < -0.39 is 17.8 Å². The first-order chi connectivity index (χ1) is 16.4. The Bertz CT molecular complexity index is 1280. The highest BCUT2D eigenvalue weighted by molar-refractivity contribution is 6.11. The van der Waals surface area contributed by atoms with Crippen molar-refractivity contribution in [3.63, 3.8) is 0 Å². The third-order valence-corrected chi connectivity index (χ3v) is 4.92. The molecule has 34 heavy (non-hydrogen) atoms. The fraction of sp³-hybridized carbons (Fsp3) is 0.0800. The fourth-order valence-corrected chi connectivity index (χ4v) is 3.19. The first kappa shape index (κ1) is 22.4. The van der Waals surface area contributed by atoms with Crippen LogP contribution in [0.3, 0.4) is 0 Å². The number of ether oxygens (including phenoxy) is 3. The molecule has 3 aromatic carbocycles. The number of rotatable bonds is 7. The Morgan fingerprint density at radius 1 is 0.941 bits per heavy atom. The summed E-state index contributed by atoms with van der Waals surface area (Å²) in [4.78, 5) is 37.2. The molecule has 0 unspecified atom stereocenters. The van der Waals surface area contributed by atoms with Crippen molar-refractivity contribution < 1.29 is 33.7 Å². The summed E-state index contributed by atoms with van der Waals surface area (Å²) in [5.74, 6) is -0.588. The number of aromatic carboxylic acids is 1. The van der Waals surface area contributed by atoms with Gasteiger partial charge in [0.05, 0.1) is 12.7 Å². The molecule has 0 saturated heterocycles. The minimum absolute atomic E-state index is 0.0152. The van der Waals surface area contributed by atoms with E-state index in [1.54, 1.807) is 48.5 Å². The maximum Gasteiger partial charge on any atom is 0.335 e. The second-order valence-corrected chi connectivity index (χ2v) is 7.19. The molecule has 0 aliphatic carbocycles. The molecule has 3 aromatic rings. The van der Waals surface area contributed by atoms with Gasteiger partial charge in [-0.3, -0.25) is 9.59 Å². The normalized spacial score (nSPS) is 12.1. The first-order valence-corrected chi connectivity index (χ1v) is 10.1. The monoisotopic (exact) mass is 460 g/mol. The predicted octanol–water partition coefficient (Wildman–Crippen LogP) is 3.53. The van der Waals surface area contributed by atoms with Gasteiger partial charge in [-0.2, -0.15) is 0 Å². The molecule has 9 heteroatoms. The highest BCUT2D eigenvalue weighted by Crippen LogP contribution is 2.33. The number of hydrogen-bond acceptors (Lipinski definition) is 6. The lowest BCUT2D eigenvalue weighted by atomic mass is 10.1. The van der Waals surface area contributed by atoms with Crippen LogP contribution in [0.4, 0.5) is 5.69 Å². The SMILES string of the molecule is COc1ccc(C(=O)NC(=Cc2ccc3c(c2)OCO3)C(=O)Nc2cccc(C(=O)O)c2)cc1. The van der Waals surface area contributed by atoms with E-state index >= 15 is 0 Å². The number of carbonyl (C=O) groups excluding carboxylic acids is 2. The van der Waals surface area contributed by atoms with Gasteiger partial charge in [0.1, 0.15) is 11.4 Å². The smallest absolute Gasteiger partial charge is 0.335 e. The summed E-state index contributed by atoms with van der Waals surface area (Å²) in [6, 6.07) is 17.3. The summed E-state index contributed by atoms with van der Waals surface area (Å²) in [6.07, 6.45) is 1.49. The third-order valence-electron chi connectivity index (χ3n) is 4.92. The van der Waals surface area contributed by atoms with Gasteiger partial charge < -0.3 is 30.0 Å². The van der Waals surface area contributed by atoms with Gasteiger partial charge in [-0.25, -0.2) is 4.79 Å². The van der Waals surface area contributed by atoms with E-state index in [0.29, 0.717) is 28.4 Å². The Labute approximate surface area is 194 Å². The van der Waals surface area contributed by atoms with Crippen molar-refractivity contribution in [1.29, 1.82) is 0 Å². The summed E-state index contributed by atoms with van der Waals surface area (Å²) in [5.41, 5.74) is 1.13. The largest absolute Gasteiger partial charge is 0.497 e. The molecule has 0 fully saturated rings. The van der Waals surface area contributed by atoms with Crippen LogP contribution >= 0.6 is 0 Å². The van der Waals surface area contributed by atoms with Crippen LogP contribution in [-0.2, 0) is 4.79 Å². The molecular weight excluding hydrogens is 440 g/mol. The molecule has 0 aromatic heterocycles. The van der Waals surface area contributed by atoms with E-state index in [0.717, 1.165) is 0 Å². The van der Waals surface area contributed by atoms with Crippen LogP contribution in [0.5, 0.6) is 17.2 Å². The quantitative estimate of drug-likeness (QED) is 0.461. The van der Waals surface area contributed by atoms with E-state index in [9.17, 15) is 19.5 Å². The summed E-state index contributed by atoms with van der Waals surface area (Å²) >= 11 is 0. The molecule has 3 N–H and O–H groups in total. The molecule has 2 amide bonds. The molecule has 0 saturated carbocycles. The molecule has 0 atom stereocenters. The summed E-state index contributed by atoms with van der Waals surface area (Å²) in [6.45, 7) is 0.101. The van der Waals surface area contributed by atoms with Crippen molar-refractivity contribution in [2.24, 2.45) is 0 Å². The van der Waals surface area contributed by atoms with Gasteiger partial charge >= 0.3 is 5.97 Å². The standard InChI is InChI=1S/C25H20N2O7/c1-32-19-8-6-16(7-9-19)23(28)27-20(11-15-5-10-21-22(12-15)34-14-33-21)24(29)26-18-4-2-3-17(13-18)25(30)31/h2-13H,14H2,1H3,(H,26,29)(H,27,28)(H,30,31). The van der Waals surface area contributed by atoms with Crippen molar-refractivity contribution in [2.75, 3.05) is 19.2 Å². The fourth-order valence-electron chi connectivity index (χ4n) is 3.19. The molecule has 172 valence electrons. The van der Waals surface area contributed by atoms with Gasteiger partial charge in [0.25, 0.3) is 11.8 Å². The number of anilines is 1. The average molecular weight is 460 g/mol. The minimum Gasteiger partial charge on any atom is -0.497 e. The van der Waals surface area contributed by atoms with Crippen LogP contribution < -0.4 is 24.8 Å². The van der Waals surface area contributed by atoms with E-state index in [-0.39, 0.29) is 23.7 Å². The number of benzene rings is 3. The number of carboxylic acids is 1. The molecular formula is C25H20N2O7. The predicted molar refractivity (Wildman–Crippen MR) is 123 cm³/mol. The van der Waals surface area contributed by atoms with Crippen LogP contribution in [0, 0.1) is 0 Å². The van der Waals surface area contributed by atoms with Crippen molar-refractivity contribution >= 4 is 29.5 Å². The molecule has 0 spiro atoms. The highest BCUT2D eigenvalue weighted by atomic mass is 16.7. The van der Waals surface area contributed by atoms with Gasteiger partial charge in [-0.1, -0.05) is 12.1 Å². The number of fused-ring (bicyclic) bond motifs is 1. The van der Waals surface area contributed by atoms with E-state index in [4.69, 9.17) is 14.2 Å². The summed E-state index contributed by atoms with van der Waals surface area (Å²) in [7, 11) is 1.52. The number of carbonyl (C=O) groups is 3. The van der Waals surface area contributed by atoms with Crippen LogP contribution in [-0.4, -0.2) is 36.8 Å².